The van der Waals surface area contributed by atoms with E-state index in [0.29, 0.717) is 52.2 Å². The van der Waals surface area contributed by atoms with Gasteiger partial charge < -0.3 is 19.3 Å². The Balaban J connectivity index is 1.30. The number of rotatable bonds is 7. The van der Waals surface area contributed by atoms with E-state index in [2.05, 4.69) is 14.6 Å². The number of alkyl halides is 3. The maximum atomic E-state index is 13.2. The van der Waals surface area contributed by atoms with Crippen LogP contribution in [0.15, 0.2) is 42.6 Å². The Hall–Kier alpha value is -3.64. The second-order valence-electron chi connectivity index (χ2n) is 9.59. The highest BCUT2D eigenvalue weighted by molar-refractivity contribution is 5.84. The zero-order valence-electron chi connectivity index (χ0n) is 20.7. The molecule has 1 aromatic carbocycles. The molecule has 4 heterocycles. The third-order valence-electron chi connectivity index (χ3n) is 7.05. The number of nitrogens with zero attached hydrogens (tertiary/aromatic N) is 5. The molecule has 1 amide bonds. The molecule has 2 aromatic heterocycles. The summed E-state index contributed by atoms with van der Waals surface area (Å²) in [6, 6.07) is 9.65. The molecule has 1 saturated heterocycles. The normalized spacial score (nSPS) is 17.0. The maximum Gasteiger partial charge on any atom is 0.573 e. The summed E-state index contributed by atoms with van der Waals surface area (Å²) in [6.07, 6.45) is -2.36. The first-order valence-electron chi connectivity index (χ1n) is 12.4. The molecule has 5 rings (SSSR count). The number of ether oxygens (including phenoxy) is 1. The van der Waals surface area contributed by atoms with Crippen molar-refractivity contribution in [1.29, 1.82) is 0 Å². The van der Waals surface area contributed by atoms with Crippen LogP contribution in [0.3, 0.4) is 0 Å². The van der Waals surface area contributed by atoms with Crippen molar-refractivity contribution in [2.24, 2.45) is 0 Å². The molecule has 2 aliphatic rings. The molecule has 0 bridgehead atoms. The lowest BCUT2D eigenvalue weighted by Crippen LogP contribution is -2.51. The summed E-state index contributed by atoms with van der Waals surface area (Å²) in [5.41, 5.74) is 3.67. The molecule has 38 heavy (non-hydrogen) atoms. The number of carboxylic acids is 1. The number of fused-ring (bicyclic) bond motifs is 3. The van der Waals surface area contributed by atoms with E-state index in [-0.39, 0.29) is 24.7 Å². The number of carbonyl (C=O) groups is 2. The highest BCUT2D eigenvalue weighted by Gasteiger charge is 2.31. The fourth-order valence-corrected chi connectivity index (χ4v) is 5.21. The van der Waals surface area contributed by atoms with Crippen LogP contribution in [-0.2, 0) is 29.1 Å². The Kier molecular flexibility index (Phi) is 7.26. The van der Waals surface area contributed by atoms with Crippen LogP contribution in [0.4, 0.5) is 13.2 Å². The molecule has 2 aliphatic heterocycles. The topological polar surface area (TPSA) is 91.1 Å². The van der Waals surface area contributed by atoms with Gasteiger partial charge in [0.1, 0.15) is 11.4 Å². The zero-order valence-corrected chi connectivity index (χ0v) is 20.7. The van der Waals surface area contributed by atoms with Gasteiger partial charge in [-0.1, -0.05) is 12.1 Å². The number of aromatic nitrogens is 2. The minimum atomic E-state index is -4.75. The summed E-state index contributed by atoms with van der Waals surface area (Å²) in [6.45, 7) is 4.16. The van der Waals surface area contributed by atoms with Gasteiger partial charge in [0.25, 0.3) is 0 Å². The molecule has 1 fully saturated rings. The molecule has 0 aliphatic carbocycles. The average molecular weight is 532 g/mol. The van der Waals surface area contributed by atoms with E-state index >= 15 is 0 Å². The van der Waals surface area contributed by atoms with Gasteiger partial charge in [-0.25, -0.2) is 4.98 Å². The SMILES string of the molecule is O=C(O)CN1CCN(CC(=O)N2CCc3c(n(Cc4ccc(OC(F)(F)F)cc4)c4ncccc34)C2)CC1. The second-order valence-corrected chi connectivity index (χ2v) is 9.59. The highest BCUT2D eigenvalue weighted by atomic mass is 19.4. The number of carboxylic acid groups (broad SMARTS) is 1. The number of aliphatic carboxylic acids is 1. The van der Waals surface area contributed by atoms with Crippen molar-refractivity contribution in [2.75, 3.05) is 45.8 Å². The van der Waals surface area contributed by atoms with E-state index in [1.807, 2.05) is 26.5 Å². The lowest BCUT2D eigenvalue weighted by Gasteiger charge is -2.35. The first-order chi connectivity index (χ1) is 18.2. The highest BCUT2D eigenvalue weighted by Crippen LogP contribution is 2.31. The maximum absolute atomic E-state index is 13.2. The van der Waals surface area contributed by atoms with Crippen LogP contribution in [0.2, 0.25) is 0 Å². The fourth-order valence-electron chi connectivity index (χ4n) is 5.21. The van der Waals surface area contributed by atoms with Gasteiger partial charge in [-0.05, 0) is 41.8 Å². The third-order valence-corrected chi connectivity index (χ3v) is 7.05. The number of amides is 1. The second kappa shape index (κ2) is 10.6. The molecule has 12 heteroatoms. The van der Waals surface area contributed by atoms with Crippen molar-refractivity contribution < 1.29 is 32.6 Å². The van der Waals surface area contributed by atoms with Crippen LogP contribution in [0.1, 0.15) is 16.8 Å². The van der Waals surface area contributed by atoms with Gasteiger partial charge in [-0.3, -0.25) is 19.4 Å². The quantitative estimate of drug-likeness (QED) is 0.501. The standard InChI is InChI=1S/C26H28F3N5O4/c27-26(28,29)38-19-5-3-18(4-6-19)14-34-22-15-33(9-7-20(22)21-2-1-8-30-25(21)34)23(35)16-31-10-12-32(13-11-31)17-24(36)37/h1-6,8H,7,9-17H2,(H,36,37). The summed E-state index contributed by atoms with van der Waals surface area (Å²) in [5, 5.41) is 9.99. The van der Waals surface area contributed by atoms with E-state index in [9.17, 15) is 22.8 Å². The molecule has 202 valence electrons. The first-order valence-corrected chi connectivity index (χ1v) is 12.4. The zero-order chi connectivity index (χ0) is 26.9. The number of hydrogen-bond acceptors (Lipinski definition) is 6. The predicted octanol–water partition coefficient (Wildman–Crippen LogP) is 2.57. The van der Waals surface area contributed by atoms with E-state index in [4.69, 9.17) is 5.11 Å². The monoisotopic (exact) mass is 531 g/mol. The Morgan fingerprint density at radius 1 is 0.974 bits per heavy atom. The molecule has 0 unspecified atom stereocenters. The molecule has 9 nitrogen and oxygen atoms in total. The van der Waals surface area contributed by atoms with Gasteiger partial charge >= 0.3 is 12.3 Å². The Bertz CT molecular complexity index is 1320. The number of carbonyl (C=O) groups excluding carboxylic acids is 1. The number of pyridine rings is 1. The van der Waals surface area contributed by atoms with Gasteiger partial charge in [0, 0.05) is 56.5 Å². The van der Waals surface area contributed by atoms with Crippen molar-refractivity contribution in [3.8, 4) is 5.75 Å². The average Bonchev–Trinajstić information content (AvgIpc) is 3.18. The Morgan fingerprint density at radius 3 is 2.32 bits per heavy atom. The molecule has 0 radical (unpaired) electrons. The molecular formula is C26H28F3N5O4. The van der Waals surface area contributed by atoms with E-state index in [1.165, 1.54) is 12.1 Å². The van der Waals surface area contributed by atoms with E-state index in [1.54, 1.807) is 18.3 Å². The van der Waals surface area contributed by atoms with Crippen molar-refractivity contribution in [2.45, 2.75) is 25.9 Å². The van der Waals surface area contributed by atoms with Gasteiger partial charge in [0.15, 0.2) is 0 Å². The number of piperazine rings is 1. The lowest BCUT2D eigenvalue weighted by atomic mass is 10.0. The van der Waals surface area contributed by atoms with Gasteiger partial charge in [-0.15, -0.1) is 13.2 Å². The van der Waals surface area contributed by atoms with Crippen molar-refractivity contribution >= 4 is 22.9 Å². The molecule has 0 saturated carbocycles. The first kappa shape index (κ1) is 26.0. The fraction of sp³-hybridized carbons (Fsp3) is 0.423. The van der Waals surface area contributed by atoms with Crippen LogP contribution >= 0.6 is 0 Å². The van der Waals surface area contributed by atoms with Crippen LogP contribution in [-0.4, -0.2) is 93.4 Å². The van der Waals surface area contributed by atoms with Gasteiger partial charge in [-0.2, -0.15) is 0 Å². The van der Waals surface area contributed by atoms with Crippen LogP contribution in [0.25, 0.3) is 11.0 Å². The number of benzene rings is 1. The molecular weight excluding hydrogens is 503 g/mol. The van der Waals surface area contributed by atoms with Crippen molar-refractivity contribution in [3.05, 3.63) is 59.4 Å². The van der Waals surface area contributed by atoms with E-state index < -0.39 is 12.3 Å². The number of hydrogen-bond donors (Lipinski definition) is 1. The van der Waals surface area contributed by atoms with E-state index in [0.717, 1.165) is 27.9 Å². The van der Waals surface area contributed by atoms with Crippen LogP contribution in [0, 0.1) is 0 Å². The van der Waals surface area contributed by atoms with Crippen molar-refractivity contribution in [3.63, 3.8) is 0 Å². The third kappa shape index (κ3) is 5.91. The molecule has 0 atom stereocenters. The van der Waals surface area contributed by atoms with Gasteiger partial charge in [0.05, 0.1) is 19.6 Å². The van der Waals surface area contributed by atoms with Crippen LogP contribution in [0.5, 0.6) is 5.75 Å². The van der Waals surface area contributed by atoms with Gasteiger partial charge in [0.2, 0.25) is 5.91 Å². The summed E-state index contributed by atoms with van der Waals surface area (Å²) in [7, 11) is 0. The lowest BCUT2D eigenvalue weighted by molar-refractivity contribution is -0.274. The van der Waals surface area contributed by atoms with Crippen LogP contribution < -0.4 is 4.74 Å². The summed E-state index contributed by atoms with van der Waals surface area (Å²) >= 11 is 0. The Labute approximate surface area is 217 Å². The smallest absolute Gasteiger partial charge is 0.480 e. The minimum Gasteiger partial charge on any atom is -0.480 e. The van der Waals surface area contributed by atoms with Crippen molar-refractivity contribution in [1.82, 2.24) is 24.3 Å². The molecule has 1 N–H and O–H groups in total. The summed E-state index contributed by atoms with van der Waals surface area (Å²) in [5.74, 6) is -1.12. The Morgan fingerprint density at radius 2 is 1.66 bits per heavy atom. The predicted molar refractivity (Wildman–Crippen MR) is 132 cm³/mol. The largest absolute Gasteiger partial charge is 0.573 e. The summed E-state index contributed by atoms with van der Waals surface area (Å²) in [4.78, 5) is 34.5. The summed E-state index contributed by atoms with van der Waals surface area (Å²) < 4.78 is 43.6. The molecule has 3 aromatic rings. The minimum absolute atomic E-state index is 0.00729. The number of halogens is 3. The molecule has 0 spiro atoms.